The standard InChI is InChI=1S/C12H14ClNO3.C11H12ClNO3.C8H8ClNO2.C7H6ClNO2.C4H8Br2O/c1-16-11(15)12(4-6-17-7-5-12)9-2-3-10(13)14-8-9;12-9-2-1-8(7-13-9)11(10(14)15)3-5-16-6-4-11;1-12-8(11)4-6-2-3-7(9)10-5-6;8-6-2-1-5(4-9-6)3-7(10)11;5-1-3-7-4-2-6/h2-3,8H,4-7H2,1H3;1-2,7H,3-6H2,(H,14,15);2-3,5H,4H2,1H3;1-2,4H,3H2,(H,10,11);1-4H2. The van der Waals surface area contributed by atoms with Gasteiger partial charge in [-0.05, 0) is 72.2 Å². The van der Waals surface area contributed by atoms with Crippen LogP contribution in [0.1, 0.15) is 47.9 Å². The van der Waals surface area contributed by atoms with Gasteiger partial charge in [-0.15, -0.1) is 0 Å². The molecule has 63 heavy (non-hydrogen) atoms. The highest BCUT2D eigenvalue weighted by Gasteiger charge is 2.43. The Hall–Kier alpha value is -3.52. The van der Waals surface area contributed by atoms with Crippen molar-refractivity contribution in [3.63, 3.8) is 0 Å². The first-order valence-corrected chi connectivity index (χ1v) is 22.8. The smallest absolute Gasteiger partial charge is 0.316 e. The van der Waals surface area contributed by atoms with Crippen LogP contribution < -0.4 is 0 Å². The van der Waals surface area contributed by atoms with E-state index in [1.165, 1.54) is 20.4 Å². The second-order valence-electron chi connectivity index (χ2n) is 13.2. The Morgan fingerprint density at radius 3 is 1.33 bits per heavy atom. The lowest BCUT2D eigenvalue weighted by Crippen LogP contribution is -2.42. The number of carboxylic acids is 2. The van der Waals surface area contributed by atoms with Gasteiger partial charge in [0.1, 0.15) is 20.6 Å². The molecule has 2 fully saturated rings. The predicted octanol–water partition coefficient (Wildman–Crippen LogP) is 8.43. The first-order chi connectivity index (χ1) is 30.2. The first kappa shape index (κ1) is 55.6. The van der Waals surface area contributed by atoms with Crippen LogP contribution in [-0.2, 0) is 66.5 Å². The summed E-state index contributed by atoms with van der Waals surface area (Å²) in [5.74, 6) is -2.20. The number of hydrogen-bond donors (Lipinski definition) is 2. The lowest BCUT2D eigenvalue weighted by Gasteiger charge is -2.34. The van der Waals surface area contributed by atoms with Gasteiger partial charge in [-0.25, -0.2) is 19.9 Å². The molecule has 0 aliphatic carbocycles. The van der Waals surface area contributed by atoms with E-state index in [1.807, 2.05) is 6.07 Å². The highest BCUT2D eigenvalue weighted by molar-refractivity contribution is 9.09. The molecule has 6 heterocycles. The van der Waals surface area contributed by atoms with Gasteiger partial charge < -0.3 is 33.9 Å². The quantitative estimate of drug-likeness (QED) is 0.0591. The minimum atomic E-state index is -0.867. The Morgan fingerprint density at radius 1 is 0.603 bits per heavy atom. The molecule has 0 unspecified atom stereocenters. The average molecular weight is 1090 g/mol. The number of ether oxygens (including phenoxy) is 5. The van der Waals surface area contributed by atoms with Crippen LogP contribution in [0.4, 0.5) is 0 Å². The number of aliphatic carboxylic acids is 2. The van der Waals surface area contributed by atoms with Crippen LogP contribution >= 0.6 is 78.3 Å². The zero-order chi connectivity index (χ0) is 46.7. The van der Waals surface area contributed by atoms with Gasteiger partial charge in [-0.3, -0.25) is 19.2 Å². The van der Waals surface area contributed by atoms with Crippen molar-refractivity contribution in [1.29, 1.82) is 0 Å². The fraction of sp³-hybridized carbons (Fsp3) is 0.429. The van der Waals surface area contributed by atoms with Crippen molar-refractivity contribution in [3.05, 3.63) is 116 Å². The second-order valence-corrected chi connectivity index (χ2v) is 16.4. The van der Waals surface area contributed by atoms with Crippen LogP contribution in [0.25, 0.3) is 0 Å². The molecule has 2 aliphatic rings. The normalized spacial score (nSPS) is 14.5. The Balaban J connectivity index is 0.000000279. The molecule has 0 saturated carbocycles. The van der Waals surface area contributed by atoms with Gasteiger partial charge in [0.2, 0.25) is 0 Å². The number of esters is 2. The van der Waals surface area contributed by atoms with E-state index < -0.39 is 22.8 Å². The Morgan fingerprint density at radius 2 is 1.00 bits per heavy atom. The van der Waals surface area contributed by atoms with Crippen LogP contribution in [0.5, 0.6) is 0 Å². The average Bonchev–Trinajstić information content (AvgIpc) is 3.29. The van der Waals surface area contributed by atoms with Crippen molar-refractivity contribution in [2.24, 2.45) is 0 Å². The van der Waals surface area contributed by atoms with Crippen LogP contribution in [0, 0.1) is 0 Å². The molecule has 21 heteroatoms. The molecule has 15 nitrogen and oxygen atoms in total. The number of carboxylic acid groups (broad SMARTS) is 2. The third-order valence-electron chi connectivity index (χ3n) is 9.19. The number of pyridine rings is 4. The van der Waals surface area contributed by atoms with Crippen LogP contribution in [0.2, 0.25) is 20.6 Å². The minimum absolute atomic E-state index is 0.00975. The van der Waals surface area contributed by atoms with E-state index in [2.05, 4.69) is 56.5 Å². The highest BCUT2D eigenvalue weighted by Crippen LogP contribution is 2.36. The molecule has 4 aromatic heterocycles. The van der Waals surface area contributed by atoms with E-state index in [4.69, 9.17) is 70.5 Å². The summed E-state index contributed by atoms with van der Waals surface area (Å²) in [5.41, 5.74) is 1.50. The summed E-state index contributed by atoms with van der Waals surface area (Å²) in [4.78, 5) is 60.0. The third kappa shape index (κ3) is 20.0. The summed E-state index contributed by atoms with van der Waals surface area (Å²) >= 11 is 29.0. The Labute approximate surface area is 402 Å². The maximum Gasteiger partial charge on any atom is 0.316 e. The van der Waals surface area contributed by atoms with Gasteiger partial charge >= 0.3 is 23.9 Å². The number of methoxy groups -OCH3 is 2. The van der Waals surface area contributed by atoms with Crippen LogP contribution in [0.15, 0.2) is 73.3 Å². The molecule has 2 N–H and O–H groups in total. The topological polar surface area (TPSA) is 206 Å². The zero-order valence-electron chi connectivity index (χ0n) is 34.5. The molecule has 2 saturated heterocycles. The summed E-state index contributed by atoms with van der Waals surface area (Å²) in [6.07, 6.45) is 8.61. The van der Waals surface area contributed by atoms with Gasteiger partial charge in [0.15, 0.2) is 0 Å². The molecule has 2 aliphatic heterocycles. The zero-order valence-corrected chi connectivity index (χ0v) is 40.6. The lowest BCUT2D eigenvalue weighted by atomic mass is 9.75. The largest absolute Gasteiger partial charge is 0.481 e. The number of hydrogen-bond acceptors (Lipinski definition) is 13. The first-order valence-electron chi connectivity index (χ1n) is 19.1. The predicted molar refractivity (Wildman–Crippen MR) is 246 cm³/mol. The number of nitrogens with zero attached hydrogens (tertiary/aromatic N) is 4. The number of carbonyl (C=O) groups is 4. The fourth-order valence-corrected chi connectivity index (χ4v) is 6.74. The number of alkyl halides is 2. The Bertz CT molecular complexity index is 1960. The summed E-state index contributed by atoms with van der Waals surface area (Å²) in [6, 6.07) is 13.5. The molecule has 6 rings (SSSR count). The van der Waals surface area contributed by atoms with E-state index in [1.54, 1.807) is 61.1 Å². The van der Waals surface area contributed by atoms with Crippen molar-refractivity contribution in [2.45, 2.75) is 49.4 Å². The number of halogens is 6. The van der Waals surface area contributed by atoms with E-state index in [0.717, 1.165) is 35.0 Å². The summed E-state index contributed by atoms with van der Waals surface area (Å²) < 4.78 is 25.0. The second kappa shape index (κ2) is 30.6. The summed E-state index contributed by atoms with van der Waals surface area (Å²) in [5, 5.41) is 21.2. The van der Waals surface area contributed by atoms with Crippen molar-refractivity contribution in [1.82, 2.24) is 19.9 Å². The van der Waals surface area contributed by atoms with Gasteiger partial charge in [-0.1, -0.05) is 103 Å². The summed E-state index contributed by atoms with van der Waals surface area (Å²) in [6.45, 7) is 3.66. The van der Waals surface area contributed by atoms with E-state index in [0.29, 0.717) is 83.9 Å². The SMILES string of the molecule is BrCCOCCBr.COC(=O)C1(c2ccc(Cl)nc2)CCOCC1.COC(=O)Cc1ccc(Cl)nc1.O=C(O)C1(c2ccc(Cl)nc2)CCOCC1.O=C(O)Cc1ccc(Cl)nc1. The molecule has 0 aromatic carbocycles. The lowest BCUT2D eigenvalue weighted by molar-refractivity contribution is -0.151. The third-order valence-corrected chi connectivity index (χ3v) is 10.7. The van der Waals surface area contributed by atoms with E-state index in [9.17, 15) is 24.3 Å². The van der Waals surface area contributed by atoms with Crippen molar-refractivity contribution in [2.75, 3.05) is 64.5 Å². The van der Waals surface area contributed by atoms with Crippen molar-refractivity contribution >= 4 is 102 Å². The van der Waals surface area contributed by atoms with Gasteiger partial charge in [0.05, 0.1) is 51.1 Å². The molecule has 0 amide bonds. The number of rotatable bonds is 12. The van der Waals surface area contributed by atoms with Gasteiger partial charge in [0.25, 0.3) is 0 Å². The molecule has 0 radical (unpaired) electrons. The molecule has 4 aromatic rings. The van der Waals surface area contributed by atoms with Gasteiger partial charge in [-0.2, -0.15) is 0 Å². The van der Waals surface area contributed by atoms with Crippen molar-refractivity contribution < 1.29 is 53.1 Å². The van der Waals surface area contributed by atoms with Crippen LogP contribution in [-0.4, -0.2) is 119 Å². The number of carbonyl (C=O) groups excluding carboxylic acids is 2. The molecule has 344 valence electrons. The van der Waals surface area contributed by atoms with Crippen molar-refractivity contribution in [3.8, 4) is 0 Å². The molecular weight excluding hydrogens is 1040 g/mol. The monoisotopic (exact) mass is 1080 g/mol. The summed E-state index contributed by atoms with van der Waals surface area (Å²) in [7, 11) is 2.76. The van der Waals surface area contributed by atoms with E-state index in [-0.39, 0.29) is 24.8 Å². The van der Waals surface area contributed by atoms with Gasteiger partial charge in [0, 0.05) is 61.9 Å². The highest BCUT2D eigenvalue weighted by atomic mass is 79.9. The van der Waals surface area contributed by atoms with E-state index >= 15 is 0 Å². The fourth-order valence-electron chi connectivity index (χ4n) is 5.84. The Kier molecular flexibility index (Phi) is 27.0. The van der Waals surface area contributed by atoms with Crippen LogP contribution in [0.3, 0.4) is 0 Å². The molecule has 0 bridgehead atoms. The maximum absolute atomic E-state index is 12.0. The number of aromatic nitrogens is 4. The maximum atomic E-state index is 12.0. The molecule has 0 atom stereocenters. The minimum Gasteiger partial charge on any atom is -0.481 e. The molecule has 0 spiro atoms. The molecular formula is C42H48Br2Cl4N4O11.